The van der Waals surface area contributed by atoms with Crippen LogP contribution in [0.3, 0.4) is 0 Å². The molecule has 0 spiro atoms. The van der Waals surface area contributed by atoms with Gasteiger partial charge in [0, 0.05) is 24.8 Å². The third-order valence-electron chi connectivity index (χ3n) is 3.96. The molecular weight excluding hydrogens is 315 g/mol. The molecular formula is C17H19FN2O2S. The lowest BCUT2D eigenvalue weighted by molar-refractivity contribution is 0.555. The van der Waals surface area contributed by atoms with E-state index in [-0.39, 0.29) is 11.9 Å². The average Bonchev–Trinajstić information content (AvgIpc) is 3.27. The van der Waals surface area contributed by atoms with Crippen LogP contribution in [0, 0.1) is 12.7 Å². The predicted octanol–water partition coefficient (Wildman–Crippen LogP) is 3.14. The summed E-state index contributed by atoms with van der Waals surface area (Å²) in [6.07, 6.45) is 0. The van der Waals surface area contributed by atoms with Crippen molar-refractivity contribution >= 4 is 15.7 Å². The molecule has 23 heavy (non-hydrogen) atoms. The van der Waals surface area contributed by atoms with E-state index in [9.17, 15) is 12.8 Å². The molecule has 1 fully saturated rings. The van der Waals surface area contributed by atoms with Crippen LogP contribution in [0.1, 0.15) is 18.1 Å². The van der Waals surface area contributed by atoms with Crippen molar-refractivity contribution in [1.82, 2.24) is 4.31 Å². The standard InChI is InChI=1S/C17H19FN2O2S/c1-12-8-15(6-7-17(12)18)19-10-14-4-3-5-16(9-14)23(21,22)20-11-13(20)2/h3-9,13,19H,10-11H2,1-2H3. The van der Waals surface area contributed by atoms with Crippen LogP contribution in [0.2, 0.25) is 0 Å². The summed E-state index contributed by atoms with van der Waals surface area (Å²) in [4.78, 5) is 0.316. The smallest absolute Gasteiger partial charge is 0.243 e. The van der Waals surface area contributed by atoms with Crippen molar-refractivity contribution in [3.8, 4) is 0 Å². The van der Waals surface area contributed by atoms with E-state index in [1.165, 1.54) is 10.4 Å². The van der Waals surface area contributed by atoms with Crippen molar-refractivity contribution < 1.29 is 12.8 Å². The molecule has 4 nitrogen and oxygen atoms in total. The Hall–Kier alpha value is -1.92. The van der Waals surface area contributed by atoms with Gasteiger partial charge in [-0.05, 0) is 55.3 Å². The first-order valence-electron chi connectivity index (χ1n) is 7.49. The van der Waals surface area contributed by atoms with Crippen LogP contribution >= 0.6 is 0 Å². The maximum absolute atomic E-state index is 13.3. The van der Waals surface area contributed by atoms with Gasteiger partial charge in [0.2, 0.25) is 10.0 Å². The van der Waals surface area contributed by atoms with Crippen LogP contribution < -0.4 is 5.32 Å². The van der Waals surface area contributed by atoms with Gasteiger partial charge in [-0.25, -0.2) is 12.8 Å². The highest BCUT2D eigenvalue weighted by Crippen LogP contribution is 2.28. The van der Waals surface area contributed by atoms with Gasteiger partial charge >= 0.3 is 0 Å². The fraction of sp³-hybridized carbons (Fsp3) is 0.294. The van der Waals surface area contributed by atoms with Crippen molar-refractivity contribution in [2.75, 3.05) is 11.9 Å². The summed E-state index contributed by atoms with van der Waals surface area (Å²) in [5.41, 5.74) is 2.24. The zero-order chi connectivity index (χ0) is 16.6. The van der Waals surface area contributed by atoms with Gasteiger partial charge < -0.3 is 5.32 Å². The molecule has 1 heterocycles. The minimum Gasteiger partial charge on any atom is -0.381 e. The second-order valence-corrected chi connectivity index (χ2v) is 7.78. The van der Waals surface area contributed by atoms with E-state index < -0.39 is 10.0 Å². The van der Waals surface area contributed by atoms with Crippen molar-refractivity contribution in [3.05, 3.63) is 59.4 Å². The molecule has 0 aromatic heterocycles. The Morgan fingerprint density at radius 1 is 1.26 bits per heavy atom. The summed E-state index contributed by atoms with van der Waals surface area (Å²) in [6.45, 7) is 4.66. The Labute approximate surface area is 136 Å². The number of nitrogens with zero attached hydrogens (tertiary/aromatic N) is 1. The molecule has 1 aliphatic heterocycles. The van der Waals surface area contributed by atoms with Gasteiger partial charge in [0.15, 0.2) is 0 Å². The van der Waals surface area contributed by atoms with Gasteiger partial charge in [-0.3, -0.25) is 0 Å². The monoisotopic (exact) mass is 334 g/mol. The van der Waals surface area contributed by atoms with Gasteiger partial charge in [0.25, 0.3) is 0 Å². The van der Waals surface area contributed by atoms with Crippen LogP contribution in [0.4, 0.5) is 10.1 Å². The van der Waals surface area contributed by atoms with Gasteiger partial charge in [0.05, 0.1) is 4.90 Å². The minimum absolute atomic E-state index is 0.0870. The van der Waals surface area contributed by atoms with Crippen molar-refractivity contribution in [2.24, 2.45) is 0 Å². The van der Waals surface area contributed by atoms with E-state index in [2.05, 4.69) is 5.32 Å². The van der Waals surface area contributed by atoms with Crippen LogP contribution in [0.5, 0.6) is 0 Å². The number of benzene rings is 2. The first-order chi connectivity index (χ1) is 10.9. The Balaban J connectivity index is 1.74. The topological polar surface area (TPSA) is 49.2 Å². The molecule has 0 amide bonds. The number of halogens is 1. The molecule has 2 unspecified atom stereocenters. The molecule has 1 aliphatic rings. The third-order valence-corrected chi connectivity index (χ3v) is 5.94. The highest BCUT2D eigenvalue weighted by Gasteiger charge is 2.41. The summed E-state index contributed by atoms with van der Waals surface area (Å²) < 4.78 is 39.5. The van der Waals surface area contributed by atoms with Crippen molar-refractivity contribution in [1.29, 1.82) is 0 Å². The number of sulfonamides is 1. The molecule has 0 bridgehead atoms. The summed E-state index contributed by atoms with van der Waals surface area (Å²) >= 11 is 0. The van der Waals surface area contributed by atoms with E-state index in [0.29, 0.717) is 23.5 Å². The zero-order valence-corrected chi connectivity index (χ0v) is 13.9. The quantitative estimate of drug-likeness (QED) is 0.855. The van der Waals surface area contributed by atoms with E-state index >= 15 is 0 Å². The number of rotatable bonds is 5. The summed E-state index contributed by atoms with van der Waals surface area (Å²) in [5, 5.41) is 3.19. The Bertz CT molecular complexity index is 836. The maximum atomic E-state index is 13.3. The van der Waals surface area contributed by atoms with E-state index in [1.54, 1.807) is 37.3 Å². The molecule has 0 aliphatic carbocycles. The van der Waals surface area contributed by atoms with Crippen molar-refractivity contribution in [2.45, 2.75) is 31.3 Å². The van der Waals surface area contributed by atoms with Gasteiger partial charge in [-0.1, -0.05) is 12.1 Å². The predicted molar refractivity (Wildman–Crippen MR) is 88.3 cm³/mol. The molecule has 1 N–H and O–H groups in total. The second kappa shape index (κ2) is 5.94. The fourth-order valence-electron chi connectivity index (χ4n) is 2.46. The van der Waals surface area contributed by atoms with Gasteiger partial charge in [0.1, 0.15) is 5.82 Å². The first-order valence-corrected chi connectivity index (χ1v) is 8.93. The van der Waals surface area contributed by atoms with Gasteiger partial charge in [-0.2, -0.15) is 4.31 Å². The number of anilines is 1. The van der Waals surface area contributed by atoms with Crippen LogP contribution in [-0.2, 0) is 16.6 Å². The van der Waals surface area contributed by atoms with Crippen LogP contribution in [0.25, 0.3) is 0 Å². The van der Waals surface area contributed by atoms with E-state index in [4.69, 9.17) is 0 Å². The zero-order valence-electron chi connectivity index (χ0n) is 13.1. The fourth-order valence-corrected chi connectivity index (χ4v) is 4.17. The lowest BCUT2D eigenvalue weighted by atomic mass is 10.2. The largest absolute Gasteiger partial charge is 0.381 e. The Morgan fingerprint density at radius 2 is 2.00 bits per heavy atom. The van der Waals surface area contributed by atoms with Gasteiger partial charge in [-0.15, -0.1) is 0 Å². The second-order valence-electron chi connectivity index (χ2n) is 5.89. The lowest BCUT2D eigenvalue weighted by Crippen LogP contribution is -2.14. The molecule has 2 aromatic rings. The van der Waals surface area contributed by atoms with Crippen LogP contribution in [0.15, 0.2) is 47.4 Å². The van der Waals surface area contributed by atoms with E-state index in [0.717, 1.165) is 11.3 Å². The lowest BCUT2D eigenvalue weighted by Gasteiger charge is -2.10. The maximum Gasteiger partial charge on any atom is 0.243 e. The third kappa shape index (κ3) is 3.38. The minimum atomic E-state index is -3.38. The van der Waals surface area contributed by atoms with Crippen LogP contribution in [-0.4, -0.2) is 25.3 Å². The molecule has 0 radical (unpaired) electrons. The Morgan fingerprint density at radius 3 is 2.65 bits per heavy atom. The SMILES string of the molecule is Cc1cc(NCc2cccc(S(=O)(=O)N3CC3C)c2)ccc1F. The average molecular weight is 334 g/mol. The molecule has 1 saturated heterocycles. The number of hydrogen-bond acceptors (Lipinski definition) is 3. The summed E-state index contributed by atoms with van der Waals surface area (Å²) in [6, 6.07) is 11.8. The highest BCUT2D eigenvalue weighted by molar-refractivity contribution is 7.89. The molecule has 122 valence electrons. The number of aryl methyl sites for hydroxylation is 1. The molecule has 3 rings (SSSR count). The molecule has 2 aromatic carbocycles. The summed E-state index contributed by atoms with van der Waals surface area (Å²) in [5.74, 6) is -0.240. The summed E-state index contributed by atoms with van der Waals surface area (Å²) in [7, 11) is -3.38. The molecule has 6 heteroatoms. The van der Waals surface area contributed by atoms with E-state index in [1.807, 2.05) is 13.0 Å². The Kier molecular flexibility index (Phi) is 4.12. The first kappa shape index (κ1) is 16.0. The normalized spacial score (nSPS) is 20.3. The number of nitrogens with one attached hydrogen (secondary N) is 1. The van der Waals surface area contributed by atoms with Crippen molar-refractivity contribution in [3.63, 3.8) is 0 Å². The molecule has 2 atom stereocenters. The molecule has 0 saturated carbocycles. The number of hydrogen-bond donors (Lipinski definition) is 1. The highest BCUT2D eigenvalue weighted by atomic mass is 32.2.